The highest BCUT2D eigenvalue weighted by molar-refractivity contribution is 7.09. The van der Waals surface area contributed by atoms with Crippen molar-refractivity contribution >= 4 is 17.2 Å². The third-order valence-corrected chi connectivity index (χ3v) is 4.87. The van der Waals surface area contributed by atoms with Gasteiger partial charge in [-0.15, -0.1) is 11.3 Å². The smallest absolute Gasteiger partial charge is 0.135 e. The molecule has 0 radical (unpaired) electrons. The van der Waals surface area contributed by atoms with Crippen molar-refractivity contribution in [3.05, 3.63) is 40.5 Å². The largest absolute Gasteiger partial charge is 0.376 e. The monoisotopic (exact) mass is 331 g/mol. The third kappa shape index (κ3) is 4.30. The summed E-state index contributed by atoms with van der Waals surface area (Å²) in [6.07, 6.45) is 4.48. The Labute approximate surface area is 142 Å². The van der Waals surface area contributed by atoms with Crippen molar-refractivity contribution in [3.8, 4) is 0 Å². The van der Waals surface area contributed by atoms with Crippen LogP contribution in [0, 0.1) is 0 Å². The molecule has 1 unspecified atom stereocenters. The van der Waals surface area contributed by atoms with Crippen molar-refractivity contribution in [3.63, 3.8) is 0 Å². The molecule has 0 saturated carbocycles. The molecule has 0 aliphatic carbocycles. The van der Waals surface area contributed by atoms with E-state index in [0.29, 0.717) is 6.10 Å². The first-order chi connectivity index (χ1) is 11.0. The van der Waals surface area contributed by atoms with E-state index in [0.717, 1.165) is 44.2 Å². The van der Waals surface area contributed by atoms with E-state index in [1.54, 1.807) is 11.3 Å². The van der Waals surface area contributed by atoms with Crippen molar-refractivity contribution in [2.75, 3.05) is 18.1 Å². The quantitative estimate of drug-likeness (QED) is 0.829. The summed E-state index contributed by atoms with van der Waals surface area (Å²) in [7, 11) is 0. The lowest BCUT2D eigenvalue weighted by Gasteiger charge is -2.27. The predicted octanol–water partition coefficient (Wildman–Crippen LogP) is 4.02. The zero-order valence-corrected chi connectivity index (χ0v) is 15.0. The average molecular weight is 331 g/mol. The van der Waals surface area contributed by atoms with Gasteiger partial charge in [0.05, 0.1) is 12.6 Å². The maximum atomic E-state index is 5.84. The molecule has 1 aliphatic rings. The van der Waals surface area contributed by atoms with Crippen LogP contribution in [-0.4, -0.2) is 29.2 Å². The van der Waals surface area contributed by atoms with Crippen LogP contribution in [0.1, 0.15) is 44.3 Å². The fourth-order valence-corrected chi connectivity index (χ4v) is 3.47. The molecular weight excluding hydrogens is 306 g/mol. The molecule has 0 bridgehead atoms. The Morgan fingerprint density at radius 2 is 2.22 bits per heavy atom. The molecule has 4 nitrogen and oxygen atoms in total. The molecule has 5 heteroatoms. The molecule has 124 valence electrons. The van der Waals surface area contributed by atoms with Gasteiger partial charge in [0, 0.05) is 29.6 Å². The normalized spacial score (nSPS) is 18.3. The molecule has 1 fully saturated rings. The van der Waals surface area contributed by atoms with Crippen LogP contribution in [0.2, 0.25) is 0 Å². The zero-order valence-electron chi connectivity index (χ0n) is 14.2. The maximum Gasteiger partial charge on any atom is 0.135 e. The fraction of sp³-hybridized carbons (Fsp3) is 0.556. The summed E-state index contributed by atoms with van der Waals surface area (Å²) in [4.78, 5) is 13.0. The van der Waals surface area contributed by atoms with Crippen LogP contribution < -0.4 is 4.90 Å². The van der Waals surface area contributed by atoms with Gasteiger partial charge in [0.1, 0.15) is 11.6 Å². The molecule has 1 atom stereocenters. The van der Waals surface area contributed by atoms with Crippen LogP contribution in [0.4, 0.5) is 5.82 Å². The third-order valence-electron chi connectivity index (χ3n) is 4.01. The Hall–Kier alpha value is -1.46. The SMILES string of the molecule is CC(C)(C)c1nccc(N(Cc2cccs2)CC2CCCO2)n1. The molecule has 23 heavy (non-hydrogen) atoms. The van der Waals surface area contributed by atoms with Gasteiger partial charge in [-0.25, -0.2) is 9.97 Å². The van der Waals surface area contributed by atoms with Crippen LogP contribution in [-0.2, 0) is 16.7 Å². The number of anilines is 1. The molecule has 0 amide bonds. The minimum Gasteiger partial charge on any atom is -0.376 e. The van der Waals surface area contributed by atoms with Crippen LogP contribution >= 0.6 is 11.3 Å². The number of nitrogens with zero attached hydrogens (tertiary/aromatic N) is 3. The summed E-state index contributed by atoms with van der Waals surface area (Å²) in [5.41, 5.74) is -0.0472. The molecule has 0 spiro atoms. The number of thiophene rings is 1. The Kier molecular flexibility index (Phi) is 4.97. The molecule has 1 saturated heterocycles. The summed E-state index contributed by atoms with van der Waals surface area (Å²) in [5.74, 6) is 1.88. The van der Waals surface area contributed by atoms with Crippen molar-refractivity contribution < 1.29 is 4.74 Å². The number of rotatable bonds is 5. The standard InChI is InChI=1S/C18H25N3OS/c1-18(2,3)17-19-9-8-16(20-17)21(12-14-6-4-10-22-14)13-15-7-5-11-23-15/h5,7-9,11,14H,4,6,10,12-13H2,1-3H3. The van der Waals surface area contributed by atoms with Crippen molar-refractivity contribution in [1.82, 2.24) is 9.97 Å². The molecule has 2 aromatic heterocycles. The highest BCUT2D eigenvalue weighted by Crippen LogP contribution is 2.24. The Bertz CT molecular complexity index is 615. The van der Waals surface area contributed by atoms with Crippen LogP contribution in [0.3, 0.4) is 0 Å². The Morgan fingerprint density at radius 3 is 2.87 bits per heavy atom. The highest BCUT2D eigenvalue weighted by atomic mass is 32.1. The van der Waals surface area contributed by atoms with E-state index in [4.69, 9.17) is 9.72 Å². The van der Waals surface area contributed by atoms with Crippen LogP contribution in [0.5, 0.6) is 0 Å². The topological polar surface area (TPSA) is 38.2 Å². The highest BCUT2D eigenvalue weighted by Gasteiger charge is 2.23. The average Bonchev–Trinajstić information content (AvgIpc) is 3.19. The Balaban J connectivity index is 1.84. The number of ether oxygens (including phenoxy) is 1. The molecule has 0 N–H and O–H groups in total. The van der Waals surface area contributed by atoms with E-state index in [1.807, 2.05) is 12.3 Å². The first-order valence-corrected chi connectivity index (χ1v) is 9.13. The van der Waals surface area contributed by atoms with Gasteiger partial charge in [-0.05, 0) is 30.4 Å². The van der Waals surface area contributed by atoms with E-state index in [2.05, 4.69) is 48.2 Å². The Morgan fingerprint density at radius 1 is 1.35 bits per heavy atom. The maximum absolute atomic E-state index is 5.84. The van der Waals surface area contributed by atoms with E-state index >= 15 is 0 Å². The summed E-state index contributed by atoms with van der Waals surface area (Å²) < 4.78 is 5.84. The molecule has 1 aliphatic heterocycles. The summed E-state index contributed by atoms with van der Waals surface area (Å²) in [5, 5.41) is 2.13. The van der Waals surface area contributed by atoms with Crippen LogP contribution in [0.15, 0.2) is 29.8 Å². The zero-order chi connectivity index (χ0) is 16.3. The molecule has 3 heterocycles. The van der Waals surface area contributed by atoms with Crippen molar-refractivity contribution in [2.24, 2.45) is 0 Å². The first kappa shape index (κ1) is 16.4. The van der Waals surface area contributed by atoms with Crippen molar-refractivity contribution in [1.29, 1.82) is 0 Å². The number of hydrogen-bond acceptors (Lipinski definition) is 5. The van der Waals surface area contributed by atoms with E-state index in [-0.39, 0.29) is 5.41 Å². The lowest BCUT2D eigenvalue weighted by atomic mass is 9.96. The molecule has 3 rings (SSSR count). The van der Waals surface area contributed by atoms with Gasteiger partial charge in [0.15, 0.2) is 0 Å². The van der Waals surface area contributed by atoms with Gasteiger partial charge in [-0.3, -0.25) is 0 Å². The number of hydrogen-bond donors (Lipinski definition) is 0. The summed E-state index contributed by atoms with van der Waals surface area (Å²) >= 11 is 1.79. The lowest BCUT2D eigenvalue weighted by molar-refractivity contribution is 0.115. The summed E-state index contributed by atoms with van der Waals surface area (Å²) in [6, 6.07) is 6.29. The second kappa shape index (κ2) is 6.97. The second-order valence-electron chi connectivity index (χ2n) is 7.08. The second-order valence-corrected chi connectivity index (χ2v) is 8.12. The van der Waals surface area contributed by atoms with Gasteiger partial charge >= 0.3 is 0 Å². The molecule has 0 aromatic carbocycles. The van der Waals surface area contributed by atoms with E-state index in [9.17, 15) is 0 Å². The summed E-state index contributed by atoms with van der Waals surface area (Å²) in [6.45, 7) is 9.09. The van der Waals surface area contributed by atoms with Gasteiger partial charge in [-0.1, -0.05) is 26.8 Å². The minimum atomic E-state index is -0.0472. The van der Waals surface area contributed by atoms with Gasteiger partial charge in [0.2, 0.25) is 0 Å². The molecular formula is C18H25N3OS. The van der Waals surface area contributed by atoms with Gasteiger partial charge in [-0.2, -0.15) is 0 Å². The minimum absolute atomic E-state index is 0.0472. The van der Waals surface area contributed by atoms with Gasteiger partial charge < -0.3 is 9.64 Å². The van der Waals surface area contributed by atoms with Gasteiger partial charge in [0.25, 0.3) is 0 Å². The predicted molar refractivity (Wildman–Crippen MR) is 95.1 cm³/mol. The van der Waals surface area contributed by atoms with Crippen molar-refractivity contribution in [2.45, 2.75) is 51.7 Å². The lowest BCUT2D eigenvalue weighted by Crippen LogP contribution is -2.33. The molecule has 2 aromatic rings. The van der Waals surface area contributed by atoms with Crippen LogP contribution in [0.25, 0.3) is 0 Å². The van der Waals surface area contributed by atoms with E-state index in [1.165, 1.54) is 4.88 Å². The van der Waals surface area contributed by atoms with E-state index < -0.39 is 0 Å². The fourth-order valence-electron chi connectivity index (χ4n) is 2.75. The number of aromatic nitrogens is 2. The first-order valence-electron chi connectivity index (χ1n) is 8.25.